The van der Waals surface area contributed by atoms with Crippen LogP contribution in [0.4, 0.5) is 37.8 Å². The number of alkyl halides is 6. The second-order valence-electron chi connectivity index (χ2n) is 17.9. The summed E-state index contributed by atoms with van der Waals surface area (Å²) in [5.74, 6) is 4.60. The number of imide groups is 1. The first-order valence-corrected chi connectivity index (χ1v) is 22.3. The summed E-state index contributed by atoms with van der Waals surface area (Å²) in [5, 5.41) is 18.6. The van der Waals surface area contributed by atoms with Crippen molar-refractivity contribution in [3.8, 4) is 11.8 Å². The predicted molar refractivity (Wildman–Crippen MR) is 230 cm³/mol. The highest BCUT2D eigenvalue weighted by Gasteiger charge is 2.44. The number of morpholine rings is 1. The number of hydrogen-bond acceptors (Lipinski definition) is 11. The van der Waals surface area contributed by atoms with Crippen LogP contribution in [0.3, 0.4) is 0 Å². The third kappa shape index (κ3) is 9.72. The Kier molecular flexibility index (Phi) is 12.8. The second-order valence-corrected chi connectivity index (χ2v) is 17.9. The number of aryl methyl sites for hydroxylation is 1. The van der Waals surface area contributed by atoms with Gasteiger partial charge in [-0.3, -0.25) is 34.0 Å². The summed E-state index contributed by atoms with van der Waals surface area (Å²) in [7, 11) is 1.78. The lowest BCUT2D eigenvalue weighted by Gasteiger charge is -2.42. The van der Waals surface area contributed by atoms with Crippen molar-refractivity contribution in [2.45, 2.75) is 94.3 Å². The number of hydrogen-bond donors (Lipinski definition) is 2. The number of aromatic nitrogens is 7. The van der Waals surface area contributed by atoms with Gasteiger partial charge in [-0.15, -0.1) is 0 Å². The zero-order valence-corrected chi connectivity index (χ0v) is 36.7. The molecule has 3 amide bonds. The molecule has 4 aliphatic rings. The van der Waals surface area contributed by atoms with Crippen molar-refractivity contribution < 1.29 is 50.2 Å². The van der Waals surface area contributed by atoms with Gasteiger partial charge in [-0.05, 0) is 63.5 Å². The zero-order valence-electron chi connectivity index (χ0n) is 36.7. The molecule has 7 heterocycles. The Morgan fingerprint density at radius 3 is 2.64 bits per heavy atom. The van der Waals surface area contributed by atoms with Gasteiger partial charge in [0.2, 0.25) is 11.8 Å². The molecule has 1 aromatic carbocycles. The molecule has 0 bridgehead atoms. The number of halogens is 6. The first kappa shape index (κ1) is 46.1. The van der Waals surface area contributed by atoms with E-state index in [1.165, 1.54) is 38.8 Å². The lowest BCUT2D eigenvalue weighted by Crippen LogP contribution is -2.54. The molecule has 0 radical (unpaired) electrons. The second kappa shape index (κ2) is 18.6. The fraction of sp³-hybridized carbons (Fsp3) is 0.533. The number of likely N-dealkylation sites (tertiary alicyclic amines) is 1. The Labute approximate surface area is 380 Å². The zero-order chi connectivity index (χ0) is 47.2. The first-order valence-electron chi connectivity index (χ1n) is 22.3. The highest BCUT2D eigenvalue weighted by molar-refractivity contribution is 6.08. The van der Waals surface area contributed by atoms with Crippen LogP contribution in [-0.2, 0) is 26.1 Å². The molecule has 356 valence electrons. The number of nitrogens with one attached hydrogen (secondary N) is 2. The summed E-state index contributed by atoms with van der Waals surface area (Å²) in [6.45, 7) is 2.51. The van der Waals surface area contributed by atoms with E-state index >= 15 is 4.39 Å². The van der Waals surface area contributed by atoms with Gasteiger partial charge in [0.1, 0.15) is 23.7 Å². The van der Waals surface area contributed by atoms with Gasteiger partial charge < -0.3 is 19.7 Å². The van der Waals surface area contributed by atoms with Crippen LogP contribution in [0.5, 0.6) is 0 Å². The van der Waals surface area contributed by atoms with E-state index in [9.17, 15) is 36.3 Å². The van der Waals surface area contributed by atoms with Crippen LogP contribution in [0.2, 0.25) is 0 Å². The SMILES string of the molecule is Cn1nc(C2CCC(=O)NC2=O)c2cccc(C#CCO[C@@H]3CCN(C[C@H]4CC[C@H](n5cc(NC(=O)c6cnn7ccc(N8CCOC(C(F)(F)F)C8)nc67)c(C(F)F)n5)CC4)C[C@@]3(C)F)c21. The molecule has 4 atom stereocenters. The summed E-state index contributed by atoms with van der Waals surface area (Å²) >= 11 is 0. The number of piperidine rings is 2. The van der Waals surface area contributed by atoms with Crippen LogP contribution in [0.25, 0.3) is 16.6 Å². The van der Waals surface area contributed by atoms with Gasteiger partial charge >= 0.3 is 6.18 Å². The molecule has 16 nitrogen and oxygen atoms in total. The van der Waals surface area contributed by atoms with Crippen LogP contribution in [0.15, 0.2) is 42.9 Å². The number of nitrogens with zero attached hydrogens (tertiary/aromatic N) is 9. The third-order valence-electron chi connectivity index (χ3n) is 13.2. The predicted octanol–water partition coefficient (Wildman–Crippen LogP) is 5.89. The molecule has 1 saturated carbocycles. The van der Waals surface area contributed by atoms with E-state index in [-0.39, 0.29) is 79.2 Å². The van der Waals surface area contributed by atoms with Crippen molar-refractivity contribution in [2.75, 3.05) is 56.2 Å². The molecule has 3 saturated heterocycles. The van der Waals surface area contributed by atoms with E-state index in [4.69, 9.17) is 9.47 Å². The standard InChI is InChI=1S/C45H49F6N11O5/c1-44(48)25-59(16-14-33(44)66-19-4-6-27-5-3-7-29-37(56-58(2)39(27)29)30-12-13-36(63)55-42(30)64)22-26-8-10-28(11-9-26)62-23-32(38(57-62)40(46)47)53-43(65)31-21-52-61-17-15-35(54-41(31)61)60-18-20-67-34(24-60)45(49,50)51/h3,5,7,15,17,21,23,26,28,30,33-34,40H,8-14,16,18-20,22,24-25H2,1-2H3,(H,53,65)(H,55,63,64)/t26-,28-,30?,33-,34?,44-/m1/s1. The maximum absolute atomic E-state index is 16.1. The van der Waals surface area contributed by atoms with Gasteiger partial charge in [-0.25, -0.2) is 22.7 Å². The number of rotatable bonds is 10. The molecule has 67 heavy (non-hydrogen) atoms. The number of carbonyl (C=O) groups is 3. The minimum atomic E-state index is -4.57. The van der Waals surface area contributed by atoms with Crippen LogP contribution in [0.1, 0.15) is 97.6 Å². The number of ether oxygens (including phenoxy) is 2. The molecule has 2 unspecified atom stereocenters. The van der Waals surface area contributed by atoms with Crippen LogP contribution < -0.4 is 15.5 Å². The van der Waals surface area contributed by atoms with Gasteiger partial charge in [-0.2, -0.15) is 28.5 Å². The van der Waals surface area contributed by atoms with Crippen molar-refractivity contribution in [3.05, 3.63) is 65.4 Å². The number of para-hydroxylation sites is 1. The lowest BCUT2D eigenvalue weighted by molar-refractivity contribution is -0.221. The highest BCUT2D eigenvalue weighted by atomic mass is 19.4. The number of fused-ring (bicyclic) bond motifs is 2. The van der Waals surface area contributed by atoms with Crippen LogP contribution >= 0.6 is 0 Å². The fourth-order valence-electron chi connectivity index (χ4n) is 9.83. The summed E-state index contributed by atoms with van der Waals surface area (Å²) in [5.41, 5.74) is -0.416. The molecule has 2 N–H and O–H groups in total. The molecule has 3 aliphatic heterocycles. The van der Waals surface area contributed by atoms with Gasteiger partial charge in [0.05, 0.1) is 59.9 Å². The van der Waals surface area contributed by atoms with Gasteiger partial charge in [0.25, 0.3) is 12.3 Å². The topological polar surface area (TPSA) is 166 Å². The van der Waals surface area contributed by atoms with Crippen molar-refractivity contribution in [1.29, 1.82) is 0 Å². The van der Waals surface area contributed by atoms with E-state index in [1.807, 2.05) is 18.2 Å². The number of anilines is 2. The quantitative estimate of drug-likeness (QED) is 0.0975. The fourth-order valence-corrected chi connectivity index (χ4v) is 9.83. The van der Waals surface area contributed by atoms with Gasteiger partial charge in [0, 0.05) is 57.4 Å². The molecule has 0 spiro atoms. The lowest BCUT2D eigenvalue weighted by atomic mass is 9.84. The largest absolute Gasteiger partial charge is 0.416 e. The Morgan fingerprint density at radius 1 is 1.09 bits per heavy atom. The first-order chi connectivity index (χ1) is 32.0. The number of benzene rings is 1. The highest BCUT2D eigenvalue weighted by Crippen LogP contribution is 2.37. The monoisotopic (exact) mass is 937 g/mol. The van der Waals surface area contributed by atoms with E-state index in [2.05, 4.69) is 47.7 Å². The Morgan fingerprint density at radius 2 is 1.90 bits per heavy atom. The van der Waals surface area contributed by atoms with E-state index in [0.717, 1.165) is 23.7 Å². The number of carbonyl (C=O) groups excluding carboxylic acids is 3. The third-order valence-corrected chi connectivity index (χ3v) is 13.2. The summed E-state index contributed by atoms with van der Waals surface area (Å²) in [6, 6.07) is 6.83. The molecular weight excluding hydrogens is 889 g/mol. The van der Waals surface area contributed by atoms with Crippen molar-refractivity contribution >= 4 is 45.8 Å². The maximum atomic E-state index is 16.1. The Bertz CT molecular complexity index is 2730. The van der Waals surface area contributed by atoms with E-state index in [1.54, 1.807) is 18.7 Å². The van der Waals surface area contributed by atoms with Crippen LogP contribution in [-0.4, -0.2) is 127 Å². The van der Waals surface area contributed by atoms with Crippen molar-refractivity contribution in [3.63, 3.8) is 0 Å². The maximum Gasteiger partial charge on any atom is 0.416 e. The molecular formula is C45H49F6N11O5. The summed E-state index contributed by atoms with van der Waals surface area (Å²) < 4.78 is 100. The molecule has 4 fully saturated rings. The Hall–Kier alpha value is -6.05. The number of amides is 3. The van der Waals surface area contributed by atoms with Gasteiger partial charge in [-0.1, -0.05) is 24.0 Å². The van der Waals surface area contributed by atoms with Gasteiger partial charge in [0.15, 0.2) is 17.4 Å². The Balaban J connectivity index is 0.770. The van der Waals surface area contributed by atoms with E-state index in [0.29, 0.717) is 50.0 Å². The van der Waals surface area contributed by atoms with Crippen LogP contribution in [0, 0.1) is 17.8 Å². The smallest absolute Gasteiger partial charge is 0.365 e. The molecule has 5 aromatic rings. The molecule has 22 heteroatoms. The normalized spacial score (nSPS) is 25.4. The average molecular weight is 938 g/mol. The summed E-state index contributed by atoms with van der Waals surface area (Å²) in [4.78, 5) is 45.7. The minimum Gasteiger partial charge on any atom is -0.365 e. The molecule has 1 aliphatic carbocycles. The van der Waals surface area contributed by atoms with Crippen molar-refractivity contribution in [1.82, 2.24) is 44.4 Å². The van der Waals surface area contributed by atoms with Crippen molar-refractivity contribution in [2.24, 2.45) is 13.0 Å². The van der Waals surface area contributed by atoms with E-state index < -0.39 is 54.5 Å². The minimum absolute atomic E-state index is 0.0138. The molecule has 4 aromatic heterocycles. The summed E-state index contributed by atoms with van der Waals surface area (Å²) in [6.07, 6.45) is -2.30. The average Bonchev–Trinajstić information content (AvgIpc) is 4.01. The molecule has 9 rings (SSSR count).